The van der Waals surface area contributed by atoms with Gasteiger partial charge in [0.25, 0.3) is 0 Å². The third kappa shape index (κ3) is 1.92. The van der Waals surface area contributed by atoms with Gasteiger partial charge >= 0.3 is 0 Å². The molecule has 148 valence electrons. The first kappa shape index (κ1) is 18.8. The molecule has 4 aliphatic carbocycles. The number of Topliss-reactive ketones (excluding diaryl/α,β-unsaturated/α-hetero) is 1. The first-order valence-electron chi connectivity index (χ1n) is 9.80. The van der Waals surface area contributed by atoms with Crippen molar-refractivity contribution < 1.29 is 30.3 Å². The van der Waals surface area contributed by atoms with E-state index in [9.17, 15) is 30.3 Å². The molecule has 0 amide bonds. The molecule has 0 aromatic carbocycles. The molecule has 0 spiro atoms. The molecule has 6 nitrogen and oxygen atoms in total. The molecule has 4 rings (SSSR count). The summed E-state index contributed by atoms with van der Waals surface area (Å²) in [5, 5.41) is 56.6. The van der Waals surface area contributed by atoms with Crippen LogP contribution in [0.1, 0.15) is 59.8 Å². The van der Waals surface area contributed by atoms with Crippen LogP contribution in [0.3, 0.4) is 0 Å². The highest BCUT2D eigenvalue weighted by Crippen LogP contribution is 2.66. The number of hydrogen-bond donors (Lipinski definition) is 5. The summed E-state index contributed by atoms with van der Waals surface area (Å²) in [5.41, 5.74) is -6.91. The Labute approximate surface area is 154 Å². The molecule has 26 heavy (non-hydrogen) atoms. The second-order valence-corrected chi connectivity index (χ2v) is 10.5. The predicted molar refractivity (Wildman–Crippen MR) is 93.0 cm³/mol. The van der Waals surface area contributed by atoms with Crippen LogP contribution in [0.25, 0.3) is 0 Å². The summed E-state index contributed by atoms with van der Waals surface area (Å²) in [6, 6.07) is 0. The Morgan fingerprint density at radius 3 is 2.15 bits per heavy atom. The Morgan fingerprint density at radius 1 is 0.962 bits per heavy atom. The second-order valence-electron chi connectivity index (χ2n) is 10.5. The van der Waals surface area contributed by atoms with Gasteiger partial charge in [-0.25, -0.2) is 0 Å². The Balaban J connectivity index is 1.90. The molecular formula is C20H32O6. The third-order valence-corrected chi connectivity index (χ3v) is 8.87. The lowest BCUT2D eigenvalue weighted by molar-refractivity contribution is -0.243. The Bertz CT molecular complexity index is 655. The molecule has 0 saturated heterocycles. The molecule has 4 aliphatic rings. The van der Waals surface area contributed by atoms with Gasteiger partial charge in [0.1, 0.15) is 11.4 Å². The number of carbonyl (C=O) groups excluding carboxylic acids is 1. The maximum atomic E-state index is 12.7. The average Bonchev–Trinajstić information content (AvgIpc) is 3.08. The predicted octanol–water partition coefficient (Wildman–Crippen LogP) is 0.376. The zero-order chi connectivity index (χ0) is 19.5. The summed E-state index contributed by atoms with van der Waals surface area (Å²) in [4.78, 5) is 12.7. The van der Waals surface area contributed by atoms with Crippen LogP contribution in [-0.2, 0) is 4.79 Å². The van der Waals surface area contributed by atoms with Gasteiger partial charge in [-0.05, 0) is 44.4 Å². The quantitative estimate of drug-likeness (QED) is 0.422. The van der Waals surface area contributed by atoms with Crippen molar-refractivity contribution in [3.63, 3.8) is 0 Å². The van der Waals surface area contributed by atoms with Gasteiger partial charge in [-0.1, -0.05) is 13.8 Å². The van der Waals surface area contributed by atoms with Gasteiger partial charge in [-0.2, -0.15) is 0 Å². The van der Waals surface area contributed by atoms with Crippen LogP contribution in [0.5, 0.6) is 0 Å². The summed E-state index contributed by atoms with van der Waals surface area (Å²) in [5.74, 6) is -1.83. The maximum Gasteiger partial charge on any atom is 0.141 e. The molecule has 0 aromatic heterocycles. The molecule has 0 aromatic rings. The fraction of sp³-hybridized carbons (Fsp3) is 0.950. The SMILES string of the molecule is CC1(O)CC2(O)CC(O)C3(O)C(CC(=O)C3(C)C)C(C)(O)C3CCC1C32. The van der Waals surface area contributed by atoms with Crippen LogP contribution < -0.4 is 0 Å². The third-order valence-electron chi connectivity index (χ3n) is 8.87. The normalized spacial score (nSPS) is 61.1. The lowest BCUT2D eigenvalue weighted by atomic mass is 9.56. The van der Waals surface area contributed by atoms with Crippen molar-refractivity contribution in [3.05, 3.63) is 0 Å². The van der Waals surface area contributed by atoms with Gasteiger partial charge in [-0.3, -0.25) is 4.79 Å². The van der Waals surface area contributed by atoms with Crippen LogP contribution in [0.2, 0.25) is 0 Å². The van der Waals surface area contributed by atoms with Crippen molar-refractivity contribution in [3.8, 4) is 0 Å². The van der Waals surface area contributed by atoms with Crippen LogP contribution in [0.4, 0.5) is 0 Å². The highest BCUT2D eigenvalue weighted by atomic mass is 16.4. The maximum absolute atomic E-state index is 12.7. The largest absolute Gasteiger partial charge is 0.390 e. The van der Waals surface area contributed by atoms with E-state index in [1.54, 1.807) is 27.7 Å². The van der Waals surface area contributed by atoms with E-state index in [2.05, 4.69) is 0 Å². The fourth-order valence-electron chi connectivity index (χ4n) is 7.48. The minimum absolute atomic E-state index is 0.0102. The van der Waals surface area contributed by atoms with Crippen molar-refractivity contribution in [2.24, 2.45) is 29.1 Å². The number of hydrogen-bond acceptors (Lipinski definition) is 6. The molecule has 4 saturated carbocycles. The molecule has 9 atom stereocenters. The minimum Gasteiger partial charge on any atom is -0.390 e. The molecular weight excluding hydrogens is 336 g/mol. The molecule has 0 bridgehead atoms. The fourth-order valence-corrected chi connectivity index (χ4v) is 7.48. The van der Waals surface area contributed by atoms with E-state index in [4.69, 9.17) is 0 Å². The van der Waals surface area contributed by atoms with Gasteiger partial charge in [0, 0.05) is 25.2 Å². The Hall–Kier alpha value is -0.530. The van der Waals surface area contributed by atoms with E-state index >= 15 is 0 Å². The van der Waals surface area contributed by atoms with E-state index in [1.807, 2.05) is 0 Å². The molecule has 4 fully saturated rings. The van der Waals surface area contributed by atoms with E-state index in [0.717, 1.165) is 0 Å². The zero-order valence-corrected chi connectivity index (χ0v) is 16.1. The molecule has 9 unspecified atom stereocenters. The van der Waals surface area contributed by atoms with Gasteiger partial charge < -0.3 is 25.5 Å². The lowest BCUT2D eigenvalue weighted by Crippen LogP contribution is -2.66. The van der Waals surface area contributed by atoms with Crippen LogP contribution >= 0.6 is 0 Å². The second kappa shape index (κ2) is 4.90. The zero-order valence-electron chi connectivity index (χ0n) is 16.1. The van der Waals surface area contributed by atoms with Gasteiger partial charge in [0.15, 0.2) is 0 Å². The Kier molecular flexibility index (Phi) is 3.54. The Morgan fingerprint density at radius 2 is 1.54 bits per heavy atom. The minimum atomic E-state index is -1.82. The molecule has 5 N–H and O–H groups in total. The van der Waals surface area contributed by atoms with Gasteiger partial charge in [0.2, 0.25) is 0 Å². The number of aliphatic hydroxyl groups excluding tert-OH is 1. The summed E-state index contributed by atoms with van der Waals surface area (Å²) < 4.78 is 0. The topological polar surface area (TPSA) is 118 Å². The van der Waals surface area contributed by atoms with E-state index in [1.165, 1.54) is 0 Å². The van der Waals surface area contributed by atoms with E-state index in [-0.39, 0.29) is 42.8 Å². The summed E-state index contributed by atoms with van der Waals surface area (Å²) in [7, 11) is 0. The van der Waals surface area contributed by atoms with Crippen LogP contribution in [0.15, 0.2) is 0 Å². The lowest BCUT2D eigenvalue weighted by Gasteiger charge is -2.54. The van der Waals surface area contributed by atoms with Crippen molar-refractivity contribution >= 4 is 5.78 Å². The van der Waals surface area contributed by atoms with Crippen molar-refractivity contribution in [2.45, 2.75) is 88.3 Å². The van der Waals surface area contributed by atoms with Gasteiger partial charge in [0.05, 0.1) is 28.3 Å². The number of aliphatic hydroxyl groups is 5. The monoisotopic (exact) mass is 368 g/mol. The highest BCUT2D eigenvalue weighted by molar-refractivity contribution is 5.89. The molecule has 0 radical (unpaired) electrons. The van der Waals surface area contributed by atoms with E-state index < -0.39 is 39.8 Å². The average molecular weight is 368 g/mol. The molecule has 0 heterocycles. The van der Waals surface area contributed by atoms with E-state index in [0.29, 0.717) is 12.8 Å². The summed E-state index contributed by atoms with van der Waals surface area (Å²) >= 11 is 0. The number of rotatable bonds is 0. The standard InChI is InChI=1S/C20H32O6/c1-16(2)13(21)7-12-18(4,24)11-6-5-10-15(11)19(25,9-17(10,3)23)8-14(22)20(12,16)26/h10-12,14-15,22-26H,5-9H2,1-4H3. The highest BCUT2D eigenvalue weighted by Gasteiger charge is 2.74. The summed E-state index contributed by atoms with van der Waals surface area (Å²) in [6.07, 6.45) is -0.0378. The molecule has 0 aliphatic heterocycles. The van der Waals surface area contributed by atoms with Gasteiger partial charge in [-0.15, -0.1) is 0 Å². The smallest absolute Gasteiger partial charge is 0.141 e. The number of carbonyl (C=O) groups is 1. The summed E-state index contributed by atoms with van der Waals surface area (Å²) in [6.45, 7) is 6.57. The first-order valence-corrected chi connectivity index (χ1v) is 9.80. The van der Waals surface area contributed by atoms with Crippen molar-refractivity contribution in [1.82, 2.24) is 0 Å². The van der Waals surface area contributed by atoms with Crippen LogP contribution in [-0.4, -0.2) is 59.8 Å². The number of fused-ring (bicyclic) bond motifs is 1. The van der Waals surface area contributed by atoms with Crippen LogP contribution in [0, 0.1) is 29.1 Å². The first-order chi connectivity index (χ1) is 11.7. The van der Waals surface area contributed by atoms with Crippen molar-refractivity contribution in [2.75, 3.05) is 0 Å². The van der Waals surface area contributed by atoms with Crippen molar-refractivity contribution in [1.29, 1.82) is 0 Å². The number of ketones is 1. The molecule has 6 heteroatoms.